The van der Waals surface area contributed by atoms with Crippen LogP contribution in [-0.2, 0) is 19.1 Å². The monoisotopic (exact) mass is 572 g/mol. The molecule has 4 rings (SSSR count). The van der Waals surface area contributed by atoms with E-state index in [1.54, 1.807) is 37.3 Å². The number of allylic oxidation sites excluding steroid dienone is 2. The summed E-state index contributed by atoms with van der Waals surface area (Å²) in [4.78, 5) is 38.1. The lowest BCUT2D eigenvalue weighted by molar-refractivity contribution is -0.384. The molecule has 0 amide bonds. The highest BCUT2D eigenvalue weighted by Gasteiger charge is 2.39. The summed E-state index contributed by atoms with van der Waals surface area (Å²) >= 11 is 0. The number of nitro benzene ring substituents is 1. The largest absolute Gasteiger partial charge is 0.490 e. The maximum atomic E-state index is 13.6. The van der Waals surface area contributed by atoms with E-state index >= 15 is 0 Å². The van der Waals surface area contributed by atoms with Crippen LogP contribution >= 0.6 is 0 Å². The van der Waals surface area contributed by atoms with E-state index in [2.05, 4.69) is 5.32 Å². The number of ether oxygens (including phenoxy) is 4. The van der Waals surface area contributed by atoms with Crippen LogP contribution in [0.25, 0.3) is 0 Å². The fraction of sp³-hybridized carbons (Fsp3) is 0.250. The zero-order chi connectivity index (χ0) is 29.9. The molecule has 1 aliphatic rings. The number of rotatable bonds is 13. The molecule has 0 saturated carbocycles. The number of hydrogen-bond acceptors (Lipinski definition) is 9. The molecule has 1 aliphatic heterocycles. The predicted octanol–water partition coefficient (Wildman–Crippen LogP) is 5.46. The third-order valence-electron chi connectivity index (χ3n) is 6.51. The van der Waals surface area contributed by atoms with Gasteiger partial charge >= 0.3 is 11.9 Å². The van der Waals surface area contributed by atoms with Crippen LogP contribution in [0.2, 0.25) is 0 Å². The zero-order valence-electron chi connectivity index (χ0n) is 23.4. The summed E-state index contributed by atoms with van der Waals surface area (Å²) < 4.78 is 22.4. The Labute approximate surface area is 243 Å². The molecule has 0 saturated heterocycles. The van der Waals surface area contributed by atoms with Crippen LogP contribution in [-0.4, -0.2) is 43.3 Å². The first-order valence-corrected chi connectivity index (χ1v) is 13.5. The van der Waals surface area contributed by atoms with Gasteiger partial charge in [-0.25, -0.2) is 9.59 Å². The standard InChI is InChI=1S/C32H32N2O8/c1-3-27-30(32(36)42-20-18-40-26-15-8-5-9-16-26)29(23-11-10-12-24(21-23)34(37)38)28(22(2)33-27)31(35)41-19-17-39-25-13-6-4-7-14-25/h4-16,21,29,33H,3,17-20H2,1-2H3. The summed E-state index contributed by atoms with van der Waals surface area (Å²) in [5, 5.41) is 14.8. The fourth-order valence-corrected chi connectivity index (χ4v) is 4.61. The Morgan fingerprint density at radius 1 is 0.786 bits per heavy atom. The lowest BCUT2D eigenvalue weighted by Gasteiger charge is -2.31. The van der Waals surface area contributed by atoms with Crippen molar-refractivity contribution in [3.05, 3.63) is 123 Å². The number of hydrogen-bond donors (Lipinski definition) is 1. The minimum Gasteiger partial charge on any atom is -0.490 e. The molecule has 0 aliphatic carbocycles. The quantitative estimate of drug-likeness (QED) is 0.123. The molecule has 0 fully saturated rings. The van der Waals surface area contributed by atoms with E-state index in [1.165, 1.54) is 18.2 Å². The van der Waals surface area contributed by atoms with Crippen LogP contribution in [0.3, 0.4) is 0 Å². The maximum Gasteiger partial charge on any atom is 0.336 e. The molecular formula is C32H32N2O8. The summed E-state index contributed by atoms with van der Waals surface area (Å²) in [6, 6.07) is 24.1. The topological polar surface area (TPSA) is 126 Å². The Morgan fingerprint density at radius 2 is 1.33 bits per heavy atom. The van der Waals surface area contributed by atoms with Gasteiger partial charge in [-0.2, -0.15) is 0 Å². The van der Waals surface area contributed by atoms with Crippen LogP contribution in [0.1, 0.15) is 31.7 Å². The Bertz CT molecular complexity index is 1470. The lowest BCUT2D eigenvalue weighted by Crippen LogP contribution is -2.34. The SMILES string of the molecule is CCC1=C(C(=O)OCCOc2ccccc2)C(c2cccc([N+](=O)[O-])c2)C(C(=O)OCCOc2ccccc2)=C(C)N1. The first-order chi connectivity index (χ1) is 20.4. The highest BCUT2D eigenvalue weighted by atomic mass is 16.6. The Morgan fingerprint density at radius 3 is 1.86 bits per heavy atom. The molecule has 42 heavy (non-hydrogen) atoms. The molecular weight excluding hydrogens is 540 g/mol. The van der Waals surface area contributed by atoms with Crippen LogP contribution in [0.4, 0.5) is 5.69 Å². The highest BCUT2D eigenvalue weighted by Crippen LogP contribution is 2.40. The van der Waals surface area contributed by atoms with Crippen molar-refractivity contribution in [3.63, 3.8) is 0 Å². The molecule has 10 heteroatoms. The molecule has 1 atom stereocenters. The van der Waals surface area contributed by atoms with Crippen LogP contribution in [0.15, 0.2) is 107 Å². The number of para-hydroxylation sites is 2. The zero-order valence-corrected chi connectivity index (χ0v) is 23.4. The second kappa shape index (κ2) is 14.5. The third-order valence-corrected chi connectivity index (χ3v) is 6.51. The molecule has 0 radical (unpaired) electrons. The van der Waals surface area contributed by atoms with Crippen LogP contribution in [0.5, 0.6) is 11.5 Å². The molecule has 0 aromatic heterocycles. The van der Waals surface area contributed by atoms with Crippen molar-refractivity contribution >= 4 is 17.6 Å². The summed E-state index contributed by atoms with van der Waals surface area (Å²) in [5.41, 5.74) is 1.56. The number of nitrogens with zero attached hydrogens (tertiary/aromatic N) is 1. The van der Waals surface area contributed by atoms with Gasteiger partial charge in [-0.05, 0) is 43.2 Å². The van der Waals surface area contributed by atoms with Crippen molar-refractivity contribution in [1.82, 2.24) is 5.32 Å². The van der Waals surface area contributed by atoms with Crippen molar-refractivity contribution in [1.29, 1.82) is 0 Å². The van der Waals surface area contributed by atoms with Crippen molar-refractivity contribution in [2.75, 3.05) is 26.4 Å². The maximum absolute atomic E-state index is 13.6. The number of carbonyl (C=O) groups excluding carboxylic acids is 2. The number of benzene rings is 3. The summed E-state index contributed by atoms with van der Waals surface area (Å²) in [6.45, 7) is 3.69. The average Bonchev–Trinajstić information content (AvgIpc) is 3.01. The minimum atomic E-state index is -0.966. The smallest absolute Gasteiger partial charge is 0.336 e. The summed E-state index contributed by atoms with van der Waals surface area (Å²) in [7, 11) is 0. The van der Waals surface area contributed by atoms with Crippen molar-refractivity contribution in [3.8, 4) is 11.5 Å². The van der Waals surface area contributed by atoms with Gasteiger partial charge < -0.3 is 24.3 Å². The Balaban J connectivity index is 1.57. The van der Waals surface area contributed by atoms with Gasteiger partial charge in [-0.3, -0.25) is 10.1 Å². The van der Waals surface area contributed by atoms with Gasteiger partial charge in [0.15, 0.2) is 0 Å². The normalized spacial score (nSPS) is 14.6. The van der Waals surface area contributed by atoms with Gasteiger partial charge in [0.25, 0.3) is 5.69 Å². The number of esters is 2. The Hall–Kier alpha value is -5.12. The van der Waals surface area contributed by atoms with Gasteiger partial charge in [0.2, 0.25) is 0 Å². The van der Waals surface area contributed by atoms with Gasteiger partial charge in [0, 0.05) is 23.5 Å². The van der Waals surface area contributed by atoms with E-state index in [4.69, 9.17) is 18.9 Å². The molecule has 1 N–H and O–H groups in total. The molecule has 3 aromatic carbocycles. The van der Waals surface area contributed by atoms with E-state index < -0.39 is 22.8 Å². The van der Waals surface area contributed by atoms with E-state index in [0.29, 0.717) is 34.9 Å². The molecule has 218 valence electrons. The molecule has 3 aromatic rings. The summed E-state index contributed by atoms with van der Waals surface area (Å²) in [6.07, 6.45) is 0.418. The second-order valence-electron chi connectivity index (χ2n) is 9.29. The van der Waals surface area contributed by atoms with Gasteiger partial charge in [-0.15, -0.1) is 0 Å². The number of nitrogens with one attached hydrogen (secondary N) is 1. The van der Waals surface area contributed by atoms with Crippen LogP contribution in [0, 0.1) is 10.1 Å². The number of carbonyl (C=O) groups is 2. The van der Waals surface area contributed by atoms with Crippen molar-refractivity contribution < 1.29 is 33.5 Å². The van der Waals surface area contributed by atoms with Gasteiger partial charge in [0.05, 0.1) is 22.0 Å². The molecule has 0 spiro atoms. The van der Waals surface area contributed by atoms with E-state index in [9.17, 15) is 19.7 Å². The minimum absolute atomic E-state index is 0.0464. The van der Waals surface area contributed by atoms with Crippen LogP contribution < -0.4 is 14.8 Å². The third kappa shape index (κ3) is 7.54. The van der Waals surface area contributed by atoms with E-state index in [-0.39, 0.29) is 43.3 Å². The second-order valence-corrected chi connectivity index (χ2v) is 9.29. The fourth-order valence-electron chi connectivity index (χ4n) is 4.61. The first-order valence-electron chi connectivity index (χ1n) is 13.5. The van der Waals surface area contributed by atoms with Crippen molar-refractivity contribution in [2.45, 2.75) is 26.2 Å². The van der Waals surface area contributed by atoms with E-state index in [1.807, 2.05) is 43.3 Å². The van der Waals surface area contributed by atoms with Crippen molar-refractivity contribution in [2.24, 2.45) is 0 Å². The lowest BCUT2D eigenvalue weighted by atomic mass is 9.79. The molecule has 1 unspecified atom stereocenters. The average molecular weight is 573 g/mol. The van der Waals surface area contributed by atoms with Gasteiger partial charge in [-0.1, -0.05) is 55.5 Å². The number of non-ortho nitro benzene ring substituents is 1. The number of dihydropyridines is 1. The first kappa shape index (κ1) is 29.9. The molecule has 0 bridgehead atoms. The number of nitro groups is 1. The Kier molecular flexibility index (Phi) is 10.3. The summed E-state index contributed by atoms with van der Waals surface area (Å²) in [5.74, 6) is -1.05. The molecule has 10 nitrogen and oxygen atoms in total. The van der Waals surface area contributed by atoms with E-state index in [0.717, 1.165) is 0 Å². The molecule has 1 heterocycles. The van der Waals surface area contributed by atoms with Gasteiger partial charge in [0.1, 0.15) is 37.9 Å². The highest BCUT2D eigenvalue weighted by molar-refractivity contribution is 6.00. The predicted molar refractivity (Wildman–Crippen MR) is 155 cm³/mol.